The first-order valence-corrected chi connectivity index (χ1v) is 24.4. The molecule has 0 nitrogen and oxygen atoms in total. The highest BCUT2D eigenvalue weighted by Crippen LogP contribution is 2.55. The van der Waals surface area contributed by atoms with E-state index in [1.807, 2.05) is 0 Å². The van der Waals surface area contributed by atoms with E-state index in [2.05, 4.69) is 159 Å². The molecule has 0 radical (unpaired) electrons. The SMILES string of the molecule is CC1(C)CC(C)(C)CC(C)(C)C1.CC1C(C)(C)CCCC1(C)C.CC1C2CCC(C2)[C@H]1C.CC1CC(C)(C)CC(C)(C)C1.CCC1CC(C)(C)CC(C)(C)C1. The summed E-state index contributed by atoms with van der Waals surface area (Å²) >= 11 is 0. The van der Waals surface area contributed by atoms with Gasteiger partial charge in [0, 0.05) is 0 Å². The largest absolute Gasteiger partial charge is 0.0651 e. The first-order valence-electron chi connectivity index (χ1n) is 24.4. The van der Waals surface area contributed by atoms with Gasteiger partial charge in [-0.3, -0.25) is 0 Å². The quantitative estimate of drug-likeness (QED) is 0.249. The van der Waals surface area contributed by atoms with Gasteiger partial charge in [-0.2, -0.15) is 0 Å². The molecule has 0 aromatic carbocycles. The van der Waals surface area contributed by atoms with Crippen molar-refractivity contribution in [1.82, 2.24) is 0 Å². The zero-order chi connectivity index (χ0) is 42.9. The molecule has 55 heavy (non-hydrogen) atoms. The first-order chi connectivity index (χ1) is 24.4. The molecule has 0 heteroatoms. The summed E-state index contributed by atoms with van der Waals surface area (Å²) in [5.41, 5.74) is 5.12. The van der Waals surface area contributed by atoms with Crippen LogP contribution in [-0.4, -0.2) is 0 Å². The van der Waals surface area contributed by atoms with Crippen LogP contribution in [0.4, 0.5) is 0 Å². The molecule has 3 unspecified atom stereocenters. The van der Waals surface area contributed by atoms with Gasteiger partial charge in [0.1, 0.15) is 0 Å². The summed E-state index contributed by atoms with van der Waals surface area (Å²) in [6.07, 6.45) is 22.9. The van der Waals surface area contributed by atoms with Crippen LogP contribution in [0.5, 0.6) is 0 Å². The number of rotatable bonds is 1. The molecule has 0 N–H and O–H groups in total. The highest BCUT2D eigenvalue weighted by Gasteiger charge is 2.44. The highest BCUT2D eigenvalue weighted by molar-refractivity contribution is 4.94. The Kier molecular flexibility index (Phi) is 17.0. The fourth-order valence-electron chi connectivity index (χ4n) is 16.2. The van der Waals surface area contributed by atoms with Crippen LogP contribution in [0.25, 0.3) is 0 Å². The predicted octanol–water partition coefficient (Wildman–Crippen LogP) is 18.9. The molecule has 328 valence electrons. The lowest BCUT2D eigenvalue weighted by atomic mass is 9.56. The second kappa shape index (κ2) is 18.3. The minimum atomic E-state index is 0.547. The van der Waals surface area contributed by atoms with Gasteiger partial charge in [0.05, 0.1) is 0 Å². The maximum absolute atomic E-state index is 2.44. The second-order valence-corrected chi connectivity index (χ2v) is 28.8. The van der Waals surface area contributed by atoms with Crippen molar-refractivity contribution in [3.8, 4) is 0 Å². The van der Waals surface area contributed by atoms with E-state index < -0.39 is 0 Å². The number of fused-ring (bicyclic) bond motifs is 2. The molecule has 0 heterocycles. The fourth-order valence-corrected chi connectivity index (χ4v) is 16.2. The molecule has 6 fully saturated rings. The molecule has 6 rings (SSSR count). The van der Waals surface area contributed by atoms with Crippen molar-refractivity contribution in [3.63, 3.8) is 0 Å². The summed E-state index contributed by atoms with van der Waals surface area (Å²) in [4.78, 5) is 0. The zero-order valence-electron chi connectivity index (χ0n) is 42.9. The average molecular weight is 769 g/mol. The van der Waals surface area contributed by atoms with Gasteiger partial charge in [-0.05, 0) is 180 Å². The maximum Gasteiger partial charge on any atom is -0.0323 e. The Balaban J connectivity index is 0.000000238. The molecule has 6 aliphatic carbocycles. The predicted molar refractivity (Wildman–Crippen MR) is 251 cm³/mol. The third-order valence-corrected chi connectivity index (χ3v) is 16.7. The molecule has 6 aliphatic rings. The molecule has 2 bridgehead atoms. The van der Waals surface area contributed by atoms with Gasteiger partial charge in [-0.25, -0.2) is 0 Å². The number of hydrogen-bond donors (Lipinski definition) is 0. The Labute approximate surface area is 350 Å². The van der Waals surface area contributed by atoms with E-state index in [0.29, 0.717) is 48.7 Å². The van der Waals surface area contributed by atoms with Gasteiger partial charge in [-0.1, -0.05) is 172 Å². The normalized spacial score (nSPS) is 34.5. The van der Waals surface area contributed by atoms with Crippen LogP contribution in [0.15, 0.2) is 0 Å². The van der Waals surface area contributed by atoms with Gasteiger partial charge < -0.3 is 0 Å². The molecule has 0 aliphatic heterocycles. The Morgan fingerprint density at radius 1 is 0.400 bits per heavy atom. The third-order valence-electron chi connectivity index (χ3n) is 16.7. The monoisotopic (exact) mass is 769 g/mol. The van der Waals surface area contributed by atoms with Crippen molar-refractivity contribution >= 4 is 0 Å². The minimum Gasteiger partial charge on any atom is -0.0651 e. The summed E-state index contributed by atoms with van der Waals surface area (Å²) in [6, 6.07) is 0. The van der Waals surface area contributed by atoms with Crippen molar-refractivity contribution in [2.45, 2.75) is 262 Å². The van der Waals surface area contributed by atoms with Crippen molar-refractivity contribution in [3.05, 3.63) is 0 Å². The van der Waals surface area contributed by atoms with Crippen molar-refractivity contribution < 1.29 is 0 Å². The summed E-state index contributed by atoms with van der Waals surface area (Å²) in [5, 5.41) is 0. The topological polar surface area (TPSA) is 0 Å². The fraction of sp³-hybridized carbons (Fsp3) is 1.00. The van der Waals surface area contributed by atoms with Crippen LogP contribution in [0.2, 0.25) is 0 Å². The van der Waals surface area contributed by atoms with Gasteiger partial charge >= 0.3 is 0 Å². The van der Waals surface area contributed by atoms with Crippen molar-refractivity contribution in [2.24, 2.45) is 90.2 Å². The van der Waals surface area contributed by atoms with Crippen LogP contribution in [0.1, 0.15) is 262 Å². The Hall–Kier alpha value is 0. The summed E-state index contributed by atoms with van der Waals surface area (Å²) in [6.45, 7) is 55.5. The van der Waals surface area contributed by atoms with E-state index in [0.717, 1.165) is 41.4 Å². The molecular weight excluding hydrogens is 661 g/mol. The maximum atomic E-state index is 2.44. The van der Waals surface area contributed by atoms with E-state index in [4.69, 9.17) is 0 Å². The van der Waals surface area contributed by atoms with Crippen LogP contribution in [0, 0.1) is 90.2 Å². The van der Waals surface area contributed by atoms with Crippen molar-refractivity contribution in [1.29, 1.82) is 0 Å². The lowest BCUT2D eigenvalue weighted by Gasteiger charge is -2.49. The van der Waals surface area contributed by atoms with E-state index in [-0.39, 0.29) is 0 Å². The van der Waals surface area contributed by atoms with E-state index >= 15 is 0 Å². The average Bonchev–Trinajstić information content (AvgIpc) is 3.49. The molecule has 0 aromatic heterocycles. The van der Waals surface area contributed by atoms with Crippen LogP contribution >= 0.6 is 0 Å². The van der Waals surface area contributed by atoms with Gasteiger partial charge in [-0.15, -0.1) is 0 Å². The Morgan fingerprint density at radius 3 is 0.927 bits per heavy atom. The van der Waals surface area contributed by atoms with Gasteiger partial charge in [0.15, 0.2) is 0 Å². The molecular formula is C55H108. The molecule has 0 spiro atoms. The van der Waals surface area contributed by atoms with E-state index in [9.17, 15) is 0 Å². The lowest BCUT2D eigenvalue weighted by Crippen LogP contribution is -2.38. The Morgan fingerprint density at radius 2 is 0.691 bits per heavy atom. The lowest BCUT2D eigenvalue weighted by molar-refractivity contribution is 0.0202. The minimum absolute atomic E-state index is 0.547. The molecule has 0 amide bonds. The van der Waals surface area contributed by atoms with Gasteiger partial charge in [0.2, 0.25) is 0 Å². The molecule has 6 saturated carbocycles. The second-order valence-electron chi connectivity index (χ2n) is 28.8. The molecule has 4 atom stereocenters. The van der Waals surface area contributed by atoms with Crippen LogP contribution in [0.3, 0.4) is 0 Å². The van der Waals surface area contributed by atoms with E-state index in [1.54, 1.807) is 6.42 Å². The van der Waals surface area contributed by atoms with Crippen LogP contribution in [-0.2, 0) is 0 Å². The smallest absolute Gasteiger partial charge is 0.0323 e. The van der Waals surface area contributed by atoms with Crippen molar-refractivity contribution in [2.75, 3.05) is 0 Å². The molecule has 0 aromatic rings. The first kappa shape index (κ1) is 51.1. The third kappa shape index (κ3) is 16.9. The van der Waals surface area contributed by atoms with Crippen LogP contribution < -0.4 is 0 Å². The summed E-state index contributed by atoms with van der Waals surface area (Å²) < 4.78 is 0. The van der Waals surface area contributed by atoms with Gasteiger partial charge in [0.25, 0.3) is 0 Å². The highest BCUT2D eigenvalue weighted by atomic mass is 14.5. The molecule has 0 saturated heterocycles. The number of hydrogen-bond acceptors (Lipinski definition) is 0. The summed E-state index contributed by atoms with van der Waals surface area (Å²) in [5.74, 6) is 7.09. The summed E-state index contributed by atoms with van der Waals surface area (Å²) in [7, 11) is 0. The Bertz CT molecular complexity index is 1040. The standard InChI is InChI=1S/2C12H24.2C11H22.C9H16/c1-10(2)7-11(3,4)9-12(5,6)8-10;1-6-10-7-11(2,3)9-12(4,5)8-10;1-9-6-10(2,3)8-11(4,5)7-9;1-9-10(2,3)7-6-8-11(9,4)5;1-6-7(2)9-4-3-8(6)5-9/h7-9H2,1-6H3;10H,6-9H2,1-5H3;2*9H,6-8H2,1-5H3;6-9H,3-5H2,1-2H3/t;;;;6-,7?,8?,9?/m....0/s1. The van der Waals surface area contributed by atoms with E-state index in [1.165, 1.54) is 96.3 Å². The zero-order valence-corrected chi connectivity index (χ0v) is 42.9.